The zero-order valence-electron chi connectivity index (χ0n) is 15.1. The van der Waals surface area contributed by atoms with Crippen molar-refractivity contribution in [2.45, 2.75) is 21.9 Å². The number of nitrogens with zero attached hydrogens (tertiary/aromatic N) is 1. The Kier molecular flexibility index (Phi) is 4.97. The van der Waals surface area contributed by atoms with Crippen LogP contribution in [0.15, 0.2) is 63.0 Å². The molecule has 0 aliphatic carbocycles. The molecule has 2 heterocycles. The van der Waals surface area contributed by atoms with Gasteiger partial charge in [0.2, 0.25) is 10.0 Å². The third kappa shape index (κ3) is 3.68. The van der Waals surface area contributed by atoms with Crippen LogP contribution in [0.25, 0.3) is 11.1 Å². The van der Waals surface area contributed by atoms with Crippen LogP contribution >= 0.6 is 11.3 Å². The first kappa shape index (κ1) is 20.0. The Labute approximate surface area is 172 Å². The fraction of sp³-hybridized carbons (Fsp3) is 0.158. The van der Waals surface area contributed by atoms with E-state index in [-0.39, 0.29) is 15.6 Å². The molecule has 0 radical (unpaired) electrons. The highest BCUT2D eigenvalue weighted by Crippen LogP contribution is 2.38. The SMILES string of the molecule is NS(=O)(=O)c1sccc1-c1ccc2c(c1)N(S(=O)(=O)c1ccc(F)cc1)CCC2. The van der Waals surface area contributed by atoms with Crippen LogP contribution in [0.3, 0.4) is 0 Å². The van der Waals surface area contributed by atoms with Gasteiger partial charge in [0.25, 0.3) is 10.0 Å². The first-order valence-corrected chi connectivity index (χ1v) is 12.6. The van der Waals surface area contributed by atoms with E-state index >= 15 is 0 Å². The first-order valence-electron chi connectivity index (χ1n) is 8.70. The molecule has 1 aromatic heterocycles. The fourth-order valence-corrected chi connectivity index (χ4v) is 6.79. The number of fused-ring (bicyclic) bond motifs is 1. The molecule has 152 valence electrons. The molecule has 0 fully saturated rings. The second kappa shape index (κ2) is 7.21. The molecule has 0 bridgehead atoms. The van der Waals surface area contributed by atoms with Crippen molar-refractivity contribution < 1.29 is 21.2 Å². The van der Waals surface area contributed by atoms with E-state index in [1.807, 2.05) is 6.07 Å². The molecule has 2 N–H and O–H groups in total. The summed E-state index contributed by atoms with van der Waals surface area (Å²) in [5.41, 5.74) is 2.34. The van der Waals surface area contributed by atoms with Crippen LogP contribution in [0.1, 0.15) is 12.0 Å². The van der Waals surface area contributed by atoms with E-state index in [0.717, 1.165) is 29.0 Å². The number of benzene rings is 2. The molecule has 1 aliphatic rings. The molecule has 2 aromatic carbocycles. The maximum absolute atomic E-state index is 13.2. The van der Waals surface area contributed by atoms with Gasteiger partial charge in [0.1, 0.15) is 10.0 Å². The molecule has 6 nitrogen and oxygen atoms in total. The number of aryl methyl sites for hydroxylation is 1. The molecule has 0 amide bonds. The average Bonchev–Trinajstić information content (AvgIpc) is 3.18. The van der Waals surface area contributed by atoms with E-state index in [4.69, 9.17) is 5.14 Å². The lowest BCUT2D eigenvalue weighted by Crippen LogP contribution is -2.35. The van der Waals surface area contributed by atoms with Crippen LogP contribution in [-0.4, -0.2) is 23.4 Å². The lowest BCUT2D eigenvalue weighted by Gasteiger charge is -2.31. The zero-order valence-corrected chi connectivity index (χ0v) is 17.5. The second-order valence-electron chi connectivity index (χ2n) is 6.64. The summed E-state index contributed by atoms with van der Waals surface area (Å²) in [4.78, 5) is -0.00193. The number of halogens is 1. The molecular weight excluding hydrogens is 435 g/mol. The van der Waals surface area contributed by atoms with Crippen molar-refractivity contribution in [3.8, 4) is 11.1 Å². The number of anilines is 1. The van der Waals surface area contributed by atoms with Gasteiger partial charge in [0.05, 0.1) is 10.6 Å². The Bertz CT molecular complexity index is 1280. The number of nitrogens with two attached hydrogens (primary N) is 1. The smallest absolute Gasteiger partial charge is 0.264 e. The topological polar surface area (TPSA) is 97.5 Å². The van der Waals surface area contributed by atoms with Crippen LogP contribution in [0.4, 0.5) is 10.1 Å². The molecule has 10 heteroatoms. The van der Waals surface area contributed by atoms with E-state index in [9.17, 15) is 21.2 Å². The summed E-state index contributed by atoms with van der Waals surface area (Å²) in [6, 6.07) is 11.6. The summed E-state index contributed by atoms with van der Waals surface area (Å²) in [5.74, 6) is -0.515. The van der Waals surface area contributed by atoms with Crippen molar-refractivity contribution in [1.82, 2.24) is 0 Å². The molecule has 29 heavy (non-hydrogen) atoms. The van der Waals surface area contributed by atoms with Crippen molar-refractivity contribution in [1.29, 1.82) is 0 Å². The minimum atomic E-state index is -3.90. The van der Waals surface area contributed by atoms with E-state index in [1.54, 1.807) is 23.6 Å². The lowest BCUT2D eigenvalue weighted by atomic mass is 9.99. The largest absolute Gasteiger partial charge is 0.266 e. The number of hydrogen-bond acceptors (Lipinski definition) is 5. The number of sulfonamides is 2. The third-order valence-electron chi connectivity index (χ3n) is 4.76. The second-order valence-corrected chi connectivity index (χ2v) is 11.2. The summed E-state index contributed by atoms with van der Waals surface area (Å²) >= 11 is 1.01. The van der Waals surface area contributed by atoms with Gasteiger partial charge in [0.15, 0.2) is 0 Å². The predicted molar refractivity (Wildman–Crippen MR) is 110 cm³/mol. The Hall–Kier alpha value is -2.27. The highest BCUT2D eigenvalue weighted by molar-refractivity contribution is 7.93. The first-order chi connectivity index (χ1) is 13.7. The van der Waals surface area contributed by atoms with Crippen LogP contribution < -0.4 is 9.44 Å². The highest BCUT2D eigenvalue weighted by atomic mass is 32.2. The molecule has 1 aliphatic heterocycles. The molecule has 0 atom stereocenters. The quantitative estimate of drug-likeness (QED) is 0.656. The minimum absolute atomic E-state index is 0.00193. The number of primary sulfonamides is 1. The lowest BCUT2D eigenvalue weighted by molar-refractivity contribution is 0.585. The zero-order chi connectivity index (χ0) is 20.8. The van der Waals surface area contributed by atoms with Gasteiger partial charge < -0.3 is 0 Å². The van der Waals surface area contributed by atoms with Gasteiger partial charge in [-0.05, 0) is 65.7 Å². The number of rotatable bonds is 4. The van der Waals surface area contributed by atoms with Crippen molar-refractivity contribution in [2.24, 2.45) is 5.14 Å². The fourth-order valence-electron chi connectivity index (χ4n) is 3.42. The average molecular weight is 453 g/mol. The monoisotopic (exact) mass is 452 g/mol. The summed E-state index contributed by atoms with van der Waals surface area (Å²) in [6.07, 6.45) is 1.35. The summed E-state index contributed by atoms with van der Waals surface area (Å²) in [5, 5.41) is 6.93. The molecule has 0 spiro atoms. The van der Waals surface area contributed by atoms with Crippen LogP contribution in [-0.2, 0) is 26.5 Å². The van der Waals surface area contributed by atoms with Crippen molar-refractivity contribution in [3.05, 3.63) is 65.3 Å². The van der Waals surface area contributed by atoms with E-state index in [1.165, 1.54) is 16.4 Å². The van der Waals surface area contributed by atoms with Gasteiger partial charge in [-0.3, -0.25) is 4.31 Å². The molecule has 4 rings (SSSR count). The standard InChI is InChI=1S/C19H17FN2O4S3/c20-15-5-7-16(8-6-15)29(25,26)22-10-1-2-13-3-4-14(12-18(13)22)17-9-11-27-19(17)28(21,23)24/h3-9,11-12H,1-2,10H2,(H2,21,23,24). The van der Waals surface area contributed by atoms with Gasteiger partial charge in [-0.1, -0.05) is 12.1 Å². The summed E-state index contributed by atoms with van der Waals surface area (Å²) in [7, 11) is -7.79. The van der Waals surface area contributed by atoms with E-state index in [2.05, 4.69) is 0 Å². The summed E-state index contributed by atoms with van der Waals surface area (Å²) in [6.45, 7) is 0.280. The summed E-state index contributed by atoms with van der Waals surface area (Å²) < 4.78 is 64.6. The van der Waals surface area contributed by atoms with Crippen LogP contribution in [0.2, 0.25) is 0 Å². The predicted octanol–water partition coefficient (Wildman–Crippen LogP) is 3.34. The Morgan fingerprint density at radius 2 is 1.72 bits per heavy atom. The maximum atomic E-state index is 13.2. The van der Waals surface area contributed by atoms with Gasteiger partial charge in [-0.15, -0.1) is 11.3 Å². The highest BCUT2D eigenvalue weighted by Gasteiger charge is 2.30. The van der Waals surface area contributed by atoms with Gasteiger partial charge in [0, 0.05) is 12.1 Å². The molecule has 0 unspecified atom stereocenters. The molecule has 3 aromatic rings. The van der Waals surface area contributed by atoms with Gasteiger partial charge >= 0.3 is 0 Å². The minimum Gasteiger partial charge on any atom is -0.266 e. The van der Waals surface area contributed by atoms with Gasteiger partial charge in [-0.2, -0.15) is 0 Å². The number of thiophene rings is 1. The molecular formula is C19H17FN2O4S3. The van der Waals surface area contributed by atoms with Crippen molar-refractivity contribution >= 4 is 37.1 Å². The van der Waals surface area contributed by atoms with Crippen LogP contribution in [0, 0.1) is 5.82 Å². The van der Waals surface area contributed by atoms with E-state index < -0.39 is 25.9 Å². The third-order valence-corrected chi connectivity index (χ3v) is 9.02. The van der Waals surface area contributed by atoms with Crippen molar-refractivity contribution in [3.63, 3.8) is 0 Å². The van der Waals surface area contributed by atoms with Crippen LogP contribution in [0.5, 0.6) is 0 Å². The van der Waals surface area contributed by atoms with E-state index in [0.29, 0.717) is 29.7 Å². The molecule has 0 saturated heterocycles. The normalized spacial score (nSPS) is 14.6. The molecule has 0 saturated carbocycles. The Morgan fingerprint density at radius 3 is 2.41 bits per heavy atom. The Morgan fingerprint density at radius 1 is 1.00 bits per heavy atom. The Balaban J connectivity index is 1.83. The van der Waals surface area contributed by atoms with Crippen molar-refractivity contribution in [2.75, 3.05) is 10.8 Å². The van der Waals surface area contributed by atoms with Gasteiger partial charge in [-0.25, -0.2) is 26.4 Å². The maximum Gasteiger partial charge on any atom is 0.264 e. The number of hydrogen-bond donors (Lipinski definition) is 1.